The minimum Gasteiger partial charge on any atom is -0.334 e. The minimum absolute atomic E-state index is 0.0582. The molecule has 0 spiro atoms. The first kappa shape index (κ1) is 13.1. The maximum Gasteiger partial charge on any atom is 0.416 e. The highest BCUT2D eigenvalue weighted by molar-refractivity contribution is 5.54. The van der Waals surface area contributed by atoms with Gasteiger partial charge in [-0.2, -0.15) is 18.2 Å². The number of benzene rings is 1. The number of halogens is 3. The van der Waals surface area contributed by atoms with Crippen molar-refractivity contribution in [2.75, 3.05) is 0 Å². The fourth-order valence-corrected chi connectivity index (χ4v) is 2.15. The largest absolute Gasteiger partial charge is 0.416 e. The van der Waals surface area contributed by atoms with Crippen LogP contribution in [0.3, 0.4) is 0 Å². The smallest absolute Gasteiger partial charge is 0.334 e. The van der Waals surface area contributed by atoms with Crippen LogP contribution in [0, 0.1) is 0 Å². The third-order valence-electron chi connectivity index (χ3n) is 3.55. The van der Waals surface area contributed by atoms with Crippen molar-refractivity contribution in [1.82, 2.24) is 10.1 Å². The van der Waals surface area contributed by atoms with E-state index >= 15 is 0 Å². The Labute approximate surface area is 112 Å². The molecule has 0 bridgehead atoms. The Balaban J connectivity index is 1.94. The summed E-state index contributed by atoms with van der Waals surface area (Å²) in [4.78, 5) is 4.13. The summed E-state index contributed by atoms with van der Waals surface area (Å²) in [6.45, 7) is 0. The van der Waals surface area contributed by atoms with Crippen molar-refractivity contribution in [2.24, 2.45) is 5.73 Å². The number of alkyl halides is 3. The molecule has 1 saturated carbocycles. The third kappa shape index (κ3) is 2.18. The molecule has 20 heavy (non-hydrogen) atoms. The molecule has 2 N–H and O–H groups in total. The summed E-state index contributed by atoms with van der Waals surface area (Å²) in [6.07, 6.45) is -1.89. The van der Waals surface area contributed by atoms with Gasteiger partial charge in [-0.1, -0.05) is 11.2 Å². The standard InChI is InChI=1S/C13H12F3N3O/c14-13(15,16)9-4-1-3-8(7-9)10-18-11(19-20-10)12(17)5-2-6-12/h1,3-4,7H,2,5-6,17H2. The predicted molar refractivity (Wildman–Crippen MR) is 64.5 cm³/mol. The van der Waals surface area contributed by atoms with Crippen molar-refractivity contribution in [2.45, 2.75) is 31.0 Å². The third-order valence-corrected chi connectivity index (χ3v) is 3.55. The van der Waals surface area contributed by atoms with Gasteiger partial charge in [-0.25, -0.2) is 0 Å². The van der Waals surface area contributed by atoms with Crippen LogP contribution in [0.15, 0.2) is 28.8 Å². The molecule has 1 aromatic heterocycles. The molecule has 2 aromatic rings. The van der Waals surface area contributed by atoms with Crippen LogP contribution in [-0.2, 0) is 11.7 Å². The molecule has 1 heterocycles. The molecule has 0 unspecified atom stereocenters. The second-order valence-corrected chi connectivity index (χ2v) is 5.01. The Hall–Kier alpha value is -1.89. The molecule has 1 fully saturated rings. The van der Waals surface area contributed by atoms with Crippen LogP contribution in [0.4, 0.5) is 13.2 Å². The van der Waals surface area contributed by atoms with E-state index in [1.54, 1.807) is 0 Å². The quantitative estimate of drug-likeness (QED) is 0.919. The molecule has 1 aliphatic carbocycles. The summed E-state index contributed by atoms with van der Waals surface area (Å²) < 4.78 is 43.0. The fraction of sp³-hybridized carbons (Fsp3) is 0.385. The van der Waals surface area contributed by atoms with E-state index in [9.17, 15) is 13.2 Å². The van der Waals surface area contributed by atoms with Crippen LogP contribution in [-0.4, -0.2) is 10.1 Å². The number of aromatic nitrogens is 2. The highest BCUT2D eigenvalue weighted by Crippen LogP contribution is 2.38. The SMILES string of the molecule is NC1(c2noc(-c3cccc(C(F)(F)F)c3)n2)CCC1. The van der Waals surface area contributed by atoms with Crippen molar-refractivity contribution < 1.29 is 17.7 Å². The summed E-state index contributed by atoms with van der Waals surface area (Å²) in [6, 6.07) is 4.79. The van der Waals surface area contributed by atoms with Crippen LogP contribution in [0.25, 0.3) is 11.5 Å². The summed E-state index contributed by atoms with van der Waals surface area (Å²) in [5, 5.41) is 3.79. The summed E-state index contributed by atoms with van der Waals surface area (Å²) >= 11 is 0. The van der Waals surface area contributed by atoms with Crippen LogP contribution in [0.2, 0.25) is 0 Å². The van der Waals surface area contributed by atoms with E-state index in [0.29, 0.717) is 5.82 Å². The lowest BCUT2D eigenvalue weighted by Crippen LogP contribution is -2.44. The molecule has 0 aliphatic heterocycles. The molecule has 0 amide bonds. The first-order chi connectivity index (χ1) is 9.38. The summed E-state index contributed by atoms with van der Waals surface area (Å²) in [5.41, 5.74) is 4.94. The van der Waals surface area contributed by atoms with Crippen LogP contribution in [0.5, 0.6) is 0 Å². The zero-order chi connectivity index (χ0) is 14.4. The normalized spacial score (nSPS) is 17.8. The fourth-order valence-electron chi connectivity index (χ4n) is 2.15. The van der Waals surface area contributed by atoms with Crippen LogP contribution >= 0.6 is 0 Å². The molecule has 4 nitrogen and oxygen atoms in total. The maximum atomic E-state index is 12.7. The van der Waals surface area contributed by atoms with Crippen molar-refractivity contribution in [3.63, 3.8) is 0 Å². The van der Waals surface area contributed by atoms with Crippen molar-refractivity contribution >= 4 is 0 Å². The van der Waals surface area contributed by atoms with Crippen LogP contribution < -0.4 is 5.73 Å². The van der Waals surface area contributed by atoms with E-state index in [2.05, 4.69) is 10.1 Å². The lowest BCUT2D eigenvalue weighted by molar-refractivity contribution is -0.137. The lowest BCUT2D eigenvalue weighted by Gasteiger charge is -2.34. The van der Waals surface area contributed by atoms with E-state index in [1.807, 2.05) is 0 Å². The predicted octanol–water partition coefficient (Wildman–Crippen LogP) is 3.09. The first-order valence-electron chi connectivity index (χ1n) is 6.19. The molecule has 7 heteroatoms. The Morgan fingerprint density at radius 3 is 2.60 bits per heavy atom. The Morgan fingerprint density at radius 1 is 1.25 bits per heavy atom. The number of hydrogen-bond donors (Lipinski definition) is 1. The average Bonchev–Trinajstić information content (AvgIpc) is 2.85. The molecule has 0 saturated heterocycles. The molecule has 3 rings (SSSR count). The first-order valence-corrected chi connectivity index (χ1v) is 6.19. The minimum atomic E-state index is -4.40. The summed E-state index contributed by atoms with van der Waals surface area (Å²) in [7, 11) is 0. The van der Waals surface area contributed by atoms with Crippen LogP contribution in [0.1, 0.15) is 30.7 Å². The van der Waals surface area contributed by atoms with Crippen molar-refractivity contribution in [1.29, 1.82) is 0 Å². The second-order valence-electron chi connectivity index (χ2n) is 5.01. The van der Waals surface area contributed by atoms with Gasteiger partial charge in [0.05, 0.1) is 11.1 Å². The van der Waals surface area contributed by atoms with E-state index in [0.717, 1.165) is 31.4 Å². The van der Waals surface area contributed by atoms with Gasteiger partial charge in [-0.15, -0.1) is 0 Å². The van der Waals surface area contributed by atoms with Gasteiger partial charge in [-0.3, -0.25) is 0 Å². The molecular weight excluding hydrogens is 271 g/mol. The molecule has 0 radical (unpaired) electrons. The van der Waals surface area contributed by atoms with Gasteiger partial charge in [-0.05, 0) is 37.5 Å². The molecule has 1 aromatic carbocycles. The number of hydrogen-bond acceptors (Lipinski definition) is 4. The summed E-state index contributed by atoms with van der Waals surface area (Å²) in [5.74, 6) is 0.416. The lowest BCUT2D eigenvalue weighted by atomic mass is 9.77. The molecule has 106 valence electrons. The Kier molecular flexibility index (Phi) is 2.82. The second kappa shape index (κ2) is 4.31. The number of nitrogens with two attached hydrogens (primary N) is 1. The van der Waals surface area contributed by atoms with Gasteiger partial charge in [0.25, 0.3) is 5.89 Å². The maximum absolute atomic E-state index is 12.7. The number of nitrogens with zero attached hydrogens (tertiary/aromatic N) is 2. The highest BCUT2D eigenvalue weighted by atomic mass is 19.4. The molecule has 0 atom stereocenters. The Morgan fingerprint density at radius 2 is 2.00 bits per heavy atom. The van der Waals surface area contributed by atoms with Gasteiger partial charge < -0.3 is 10.3 Å². The van der Waals surface area contributed by atoms with E-state index < -0.39 is 17.3 Å². The zero-order valence-electron chi connectivity index (χ0n) is 10.4. The van der Waals surface area contributed by atoms with Gasteiger partial charge in [0.2, 0.25) is 0 Å². The highest BCUT2D eigenvalue weighted by Gasteiger charge is 2.39. The molecule has 1 aliphatic rings. The van der Waals surface area contributed by atoms with Crippen molar-refractivity contribution in [3.8, 4) is 11.5 Å². The van der Waals surface area contributed by atoms with Crippen molar-refractivity contribution in [3.05, 3.63) is 35.7 Å². The topological polar surface area (TPSA) is 64.9 Å². The monoisotopic (exact) mass is 283 g/mol. The zero-order valence-corrected chi connectivity index (χ0v) is 10.4. The van der Waals surface area contributed by atoms with Gasteiger partial charge in [0.1, 0.15) is 0 Å². The van der Waals surface area contributed by atoms with Gasteiger partial charge in [0, 0.05) is 5.56 Å². The molecular formula is C13H12F3N3O. The van der Waals surface area contributed by atoms with E-state index in [1.165, 1.54) is 12.1 Å². The number of rotatable bonds is 2. The Bertz CT molecular complexity index is 632. The van der Waals surface area contributed by atoms with Gasteiger partial charge in [0.15, 0.2) is 5.82 Å². The van der Waals surface area contributed by atoms with Gasteiger partial charge >= 0.3 is 6.18 Å². The van der Waals surface area contributed by atoms with E-state index in [-0.39, 0.29) is 11.5 Å². The van der Waals surface area contributed by atoms with E-state index in [4.69, 9.17) is 10.3 Å². The average molecular weight is 283 g/mol.